The van der Waals surface area contributed by atoms with Gasteiger partial charge in [-0.05, 0) is 57.1 Å². The van der Waals surface area contributed by atoms with Crippen LogP contribution in [0.3, 0.4) is 0 Å². The first-order valence-electron chi connectivity index (χ1n) is 11.0. The van der Waals surface area contributed by atoms with E-state index in [0.717, 1.165) is 6.42 Å². The lowest BCUT2D eigenvalue weighted by Gasteiger charge is -2.26. The molecule has 31 heavy (non-hydrogen) atoms. The van der Waals surface area contributed by atoms with Crippen molar-refractivity contribution in [2.24, 2.45) is 11.8 Å². The van der Waals surface area contributed by atoms with Gasteiger partial charge in [-0.2, -0.15) is 0 Å². The predicted molar refractivity (Wildman–Crippen MR) is 117 cm³/mol. The Balaban J connectivity index is 1.91. The molecule has 7 heteroatoms. The van der Waals surface area contributed by atoms with Crippen LogP contribution in [0.1, 0.15) is 66.2 Å². The molecule has 2 aliphatic rings. The third-order valence-electron chi connectivity index (χ3n) is 5.57. The number of rotatable bonds is 12. The van der Waals surface area contributed by atoms with Crippen LogP contribution >= 0.6 is 0 Å². The molecule has 1 fully saturated rings. The van der Waals surface area contributed by atoms with E-state index in [1.807, 2.05) is 13.0 Å². The number of epoxide rings is 1. The number of hydrogen-bond donors (Lipinski definition) is 3. The number of carboxylic acid groups (broad SMARTS) is 1. The largest absolute Gasteiger partial charge is 0.481 e. The maximum absolute atomic E-state index is 12.4. The summed E-state index contributed by atoms with van der Waals surface area (Å²) >= 11 is 0. The maximum atomic E-state index is 12.4. The van der Waals surface area contributed by atoms with Gasteiger partial charge in [0.1, 0.15) is 11.7 Å². The number of carbonyl (C=O) groups excluding carboxylic acids is 2. The van der Waals surface area contributed by atoms with Crippen LogP contribution in [0, 0.1) is 11.8 Å². The molecule has 1 saturated heterocycles. The second-order valence-electron chi connectivity index (χ2n) is 9.13. The van der Waals surface area contributed by atoms with Gasteiger partial charge in [-0.3, -0.25) is 14.4 Å². The Morgan fingerprint density at radius 3 is 2.58 bits per heavy atom. The molecule has 2 rings (SSSR count). The first-order chi connectivity index (χ1) is 14.5. The lowest BCUT2D eigenvalue weighted by molar-refractivity contribution is -0.137. The predicted octanol–water partition coefficient (Wildman–Crippen LogP) is 3.29. The number of ketones is 1. The van der Waals surface area contributed by atoms with Crippen LogP contribution in [-0.2, 0) is 19.1 Å². The van der Waals surface area contributed by atoms with Gasteiger partial charge >= 0.3 is 5.97 Å². The van der Waals surface area contributed by atoms with Gasteiger partial charge in [0.15, 0.2) is 6.10 Å². The van der Waals surface area contributed by atoms with Gasteiger partial charge < -0.3 is 20.3 Å². The van der Waals surface area contributed by atoms with Gasteiger partial charge in [-0.15, -0.1) is 0 Å². The summed E-state index contributed by atoms with van der Waals surface area (Å²) in [4.78, 5) is 35.3. The molecule has 0 aromatic rings. The van der Waals surface area contributed by atoms with Crippen molar-refractivity contribution in [2.45, 2.75) is 84.0 Å². The van der Waals surface area contributed by atoms with Gasteiger partial charge in [0.05, 0.1) is 5.70 Å². The van der Waals surface area contributed by atoms with E-state index in [2.05, 4.69) is 32.2 Å². The fraction of sp³-hybridized carbons (Fsp3) is 0.625. The van der Waals surface area contributed by atoms with Crippen LogP contribution in [0.25, 0.3) is 0 Å². The Labute approximate surface area is 184 Å². The van der Waals surface area contributed by atoms with Crippen molar-refractivity contribution in [2.75, 3.05) is 0 Å². The number of aliphatic carboxylic acids is 1. The van der Waals surface area contributed by atoms with Crippen molar-refractivity contribution in [3.05, 3.63) is 35.6 Å². The normalized spacial score (nSPS) is 26.6. The molecule has 172 valence electrons. The van der Waals surface area contributed by atoms with Gasteiger partial charge in [-0.25, -0.2) is 0 Å². The molecule has 0 saturated carbocycles. The minimum Gasteiger partial charge on any atom is -0.481 e. The average molecular weight is 434 g/mol. The molecular formula is C24H35NO6. The number of hydrogen-bond acceptors (Lipinski definition) is 5. The van der Waals surface area contributed by atoms with Crippen LogP contribution in [0.4, 0.5) is 0 Å². The molecule has 0 aromatic heterocycles. The smallest absolute Gasteiger partial charge is 0.303 e. The summed E-state index contributed by atoms with van der Waals surface area (Å²) in [6, 6.07) is 0. The van der Waals surface area contributed by atoms with E-state index in [9.17, 15) is 19.5 Å². The molecule has 1 heterocycles. The molecule has 5 atom stereocenters. The van der Waals surface area contributed by atoms with E-state index in [-0.39, 0.29) is 23.8 Å². The summed E-state index contributed by atoms with van der Waals surface area (Å²) < 4.78 is 5.37. The topological polar surface area (TPSA) is 116 Å². The Bertz CT molecular complexity index is 779. The standard InChI is InChI=1S/C24H35NO6/c1-15(2)12-17(4)13-16(3)9-10-19(26)25-18-14-24(30,23-22(31-23)21(18)29)11-7-5-6-8-20(27)28/h9-10,12,14,16-17,22-23,30H,5-8,11,13H2,1-4H3,(H,25,26)(H,27,28)/b10-9+/t16-,17+,22-,23-,24+/m0/s1. The number of Topliss-reactive ketones (excluding diaryl/α,β-unsaturated/α-hetero) is 1. The molecule has 0 aromatic carbocycles. The van der Waals surface area contributed by atoms with Gasteiger partial charge in [0.2, 0.25) is 11.7 Å². The molecule has 0 spiro atoms. The lowest BCUT2D eigenvalue weighted by Crippen LogP contribution is -2.43. The van der Waals surface area contributed by atoms with Crippen molar-refractivity contribution in [3.63, 3.8) is 0 Å². The van der Waals surface area contributed by atoms with E-state index in [1.54, 1.807) is 0 Å². The number of fused-ring (bicyclic) bond motifs is 1. The summed E-state index contributed by atoms with van der Waals surface area (Å²) in [6.45, 7) is 8.29. The molecule has 0 bridgehead atoms. The second kappa shape index (κ2) is 10.9. The van der Waals surface area contributed by atoms with E-state index in [0.29, 0.717) is 31.6 Å². The Morgan fingerprint density at radius 1 is 1.23 bits per heavy atom. The van der Waals surface area contributed by atoms with Gasteiger partial charge in [0, 0.05) is 6.42 Å². The van der Waals surface area contributed by atoms with Crippen molar-refractivity contribution < 1.29 is 29.3 Å². The highest BCUT2D eigenvalue weighted by Crippen LogP contribution is 2.42. The Hall–Kier alpha value is -2.25. The highest BCUT2D eigenvalue weighted by Gasteiger charge is 2.60. The molecule has 7 nitrogen and oxygen atoms in total. The van der Waals surface area contributed by atoms with Crippen molar-refractivity contribution in [3.8, 4) is 0 Å². The monoisotopic (exact) mass is 433 g/mol. The van der Waals surface area contributed by atoms with E-state index < -0.39 is 29.7 Å². The molecule has 1 aliphatic carbocycles. The third-order valence-corrected chi connectivity index (χ3v) is 5.57. The van der Waals surface area contributed by atoms with E-state index in [4.69, 9.17) is 9.84 Å². The van der Waals surface area contributed by atoms with Gasteiger partial charge in [-0.1, -0.05) is 44.4 Å². The summed E-state index contributed by atoms with van der Waals surface area (Å²) in [5, 5.41) is 22.2. The number of carboxylic acids is 1. The number of amides is 1. The zero-order valence-corrected chi connectivity index (χ0v) is 18.9. The fourth-order valence-electron chi connectivity index (χ4n) is 4.15. The average Bonchev–Trinajstić information content (AvgIpc) is 3.45. The number of allylic oxidation sites excluding steroid dienone is 3. The zero-order chi connectivity index (χ0) is 23.2. The Kier molecular flexibility index (Phi) is 8.77. The first-order valence-corrected chi connectivity index (χ1v) is 11.0. The minimum absolute atomic E-state index is 0.0620. The highest BCUT2D eigenvalue weighted by atomic mass is 16.6. The second-order valence-corrected chi connectivity index (χ2v) is 9.13. The summed E-state index contributed by atoms with van der Waals surface area (Å²) in [7, 11) is 0. The van der Waals surface area contributed by atoms with Crippen molar-refractivity contribution in [1.29, 1.82) is 0 Å². The van der Waals surface area contributed by atoms with Crippen molar-refractivity contribution >= 4 is 17.7 Å². The van der Waals surface area contributed by atoms with Crippen LogP contribution in [-0.4, -0.2) is 45.7 Å². The number of unbranched alkanes of at least 4 members (excludes halogenated alkanes) is 2. The summed E-state index contributed by atoms with van der Waals surface area (Å²) in [5.74, 6) is -0.973. The summed E-state index contributed by atoms with van der Waals surface area (Å²) in [5.41, 5.74) is -0.00701. The zero-order valence-electron chi connectivity index (χ0n) is 18.9. The number of carbonyl (C=O) groups is 3. The maximum Gasteiger partial charge on any atom is 0.303 e. The molecule has 0 radical (unpaired) electrons. The SMILES string of the molecule is CC(C)=C[C@@H](C)C[C@@H](C)/C=C/C(=O)NC1=C[C@](O)(CCCCCC(=O)O)[C@H]2O[C@H]2C1=O. The van der Waals surface area contributed by atoms with E-state index >= 15 is 0 Å². The van der Waals surface area contributed by atoms with Crippen LogP contribution in [0.15, 0.2) is 35.6 Å². The van der Waals surface area contributed by atoms with Crippen LogP contribution < -0.4 is 5.32 Å². The number of ether oxygens (including phenoxy) is 1. The first kappa shape index (κ1) is 25.0. The highest BCUT2D eigenvalue weighted by molar-refractivity contribution is 6.06. The van der Waals surface area contributed by atoms with E-state index in [1.165, 1.54) is 17.7 Å². The summed E-state index contributed by atoms with van der Waals surface area (Å²) in [6.07, 6.45) is 8.66. The van der Waals surface area contributed by atoms with Crippen molar-refractivity contribution in [1.82, 2.24) is 5.32 Å². The molecule has 0 unspecified atom stereocenters. The fourth-order valence-corrected chi connectivity index (χ4v) is 4.15. The third kappa shape index (κ3) is 7.74. The molecule has 1 amide bonds. The Morgan fingerprint density at radius 2 is 1.94 bits per heavy atom. The number of aliphatic hydroxyl groups is 1. The minimum atomic E-state index is -1.33. The molecular weight excluding hydrogens is 398 g/mol. The number of nitrogens with one attached hydrogen (secondary N) is 1. The van der Waals surface area contributed by atoms with Crippen LogP contribution in [0.2, 0.25) is 0 Å². The molecule has 1 aliphatic heterocycles. The lowest BCUT2D eigenvalue weighted by atomic mass is 9.84. The quantitative estimate of drug-likeness (QED) is 0.188. The van der Waals surface area contributed by atoms with Crippen LogP contribution in [0.5, 0.6) is 0 Å². The van der Waals surface area contributed by atoms with Gasteiger partial charge in [0.25, 0.3) is 0 Å². The molecule has 3 N–H and O–H groups in total.